The van der Waals surface area contributed by atoms with E-state index in [2.05, 4.69) is 10.3 Å². The molecule has 1 unspecified atom stereocenters. The number of aromatic carboxylic acids is 1. The number of carboxylic acids is 1. The normalized spacial score (nSPS) is 11.7. The second-order valence-corrected chi connectivity index (χ2v) is 8.00. The first kappa shape index (κ1) is 23.5. The molecule has 0 aliphatic carbocycles. The molecule has 4 aromatic rings. The molecule has 0 aliphatic rings. The highest BCUT2D eigenvalue weighted by atomic mass is 16.5. The first-order valence-electron chi connectivity index (χ1n) is 10.8. The van der Waals surface area contributed by atoms with Gasteiger partial charge in [-0.15, -0.1) is 0 Å². The van der Waals surface area contributed by atoms with Crippen LogP contribution in [0.2, 0.25) is 0 Å². The number of hydrogen-bond donors (Lipinski definition) is 3. The lowest BCUT2D eigenvalue weighted by Gasteiger charge is -2.15. The zero-order valence-corrected chi connectivity index (χ0v) is 19.1. The highest BCUT2D eigenvalue weighted by Gasteiger charge is 2.17. The van der Waals surface area contributed by atoms with Crippen LogP contribution in [0.5, 0.6) is 5.75 Å². The number of H-pyrrole nitrogens is 1. The van der Waals surface area contributed by atoms with E-state index in [1.807, 2.05) is 24.3 Å². The Labute approximate surface area is 199 Å². The average molecular weight is 473 g/mol. The standard InChI is InChI=1S/C26H23N3O6/c1-15(17-6-8-18(9-7-17)25(32)33)29-24(31)21-13-19(10-11-22(21)28-26(29)34)23(30)27-14-16-4-3-5-20(12-16)35-2/h3-13,15H,14H2,1-2H3,(H,27,30)(H,28,34)(H,32,33). The summed E-state index contributed by atoms with van der Waals surface area (Å²) in [5.41, 5.74) is 0.976. The Bertz CT molecular complexity index is 1540. The number of methoxy groups -OCH3 is 1. The lowest BCUT2D eigenvalue weighted by Crippen LogP contribution is -2.37. The zero-order chi connectivity index (χ0) is 25.1. The van der Waals surface area contributed by atoms with E-state index in [-0.39, 0.29) is 29.0 Å². The molecule has 1 atom stereocenters. The van der Waals surface area contributed by atoms with E-state index in [1.54, 1.807) is 26.2 Å². The molecule has 9 nitrogen and oxygen atoms in total. The SMILES string of the molecule is COc1cccc(CNC(=O)c2ccc3[nH]c(=O)n(C(C)c4ccc(C(=O)O)cc4)c(=O)c3c2)c1. The van der Waals surface area contributed by atoms with E-state index in [0.29, 0.717) is 16.8 Å². The number of carbonyl (C=O) groups excluding carboxylic acids is 1. The van der Waals surface area contributed by atoms with Gasteiger partial charge in [0.05, 0.1) is 29.6 Å². The van der Waals surface area contributed by atoms with Crippen molar-refractivity contribution in [3.63, 3.8) is 0 Å². The average Bonchev–Trinajstić information content (AvgIpc) is 2.87. The summed E-state index contributed by atoms with van der Waals surface area (Å²) in [7, 11) is 1.57. The van der Waals surface area contributed by atoms with Gasteiger partial charge in [-0.3, -0.25) is 14.2 Å². The predicted molar refractivity (Wildman–Crippen MR) is 130 cm³/mol. The van der Waals surface area contributed by atoms with Crippen LogP contribution in [0.3, 0.4) is 0 Å². The highest BCUT2D eigenvalue weighted by molar-refractivity contribution is 5.97. The van der Waals surface area contributed by atoms with Gasteiger partial charge in [0, 0.05) is 12.1 Å². The fraction of sp³-hybridized carbons (Fsp3) is 0.154. The molecule has 0 saturated carbocycles. The van der Waals surface area contributed by atoms with E-state index >= 15 is 0 Å². The Morgan fingerprint density at radius 1 is 1.03 bits per heavy atom. The summed E-state index contributed by atoms with van der Waals surface area (Å²) in [5, 5.41) is 12.1. The van der Waals surface area contributed by atoms with E-state index in [1.165, 1.54) is 30.3 Å². The van der Waals surface area contributed by atoms with Gasteiger partial charge in [0.15, 0.2) is 0 Å². The number of aromatic nitrogens is 2. The molecule has 1 amide bonds. The fourth-order valence-corrected chi connectivity index (χ4v) is 3.84. The van der Waals surface area contributed by atoms with Crippen LogP contribution in [-0.2, 0) is 6.54 Å². The topological polar surface area (TPSA) is 130 Å². The Kier molecular flexibility index (Phi) is 6.50. The number of amides is 1. The predicted octanol–water partition coefficient (Wildman–Crippen LogP) is 2.94. The van der Waals surface area contributed by atoms with Gasteiger partial charge in [0.2, 0.25) is 0 Å². The number of aromatic amines is 1. The number of nitrogens with zero attached hydrogens (tertiary/aromatic N) is 1. The minimum Gasteiger partial charge on any atom is -0.497 e. The van der Waals surface area contributed by atoms with Gasteiger partial charge in [-0.2, -0.15) is 0 Å². The van der Waals surface area contributed by atoms with Crippen LogP contribution in [-0.4, -0.2) is 33.6 Å². The largest absolute Gasteiger partial charge is 0.497 e. The van der Waals surface area contributed by atoms with Gasteiger partial charge in [-0.05, 0) is 60.5 Å². The lowest BCUT2D eigenvalue weighted by molar-refractivity contribution is 0.0696. The Morgan fingerprint density at radius 3 is 2.43 bits per heavy atom. The molecular formula is C26H23N3O6. The Morgan fingerprint density at radius 2 is 1.74 bits per heavy atom. The van der Waals surface area contributed by atoms with Crippen molar-refractivity contribution in [3.05, 3.63) is 110 Å². The van der Waals surface area contributed by atoms with Crippen LogP contribution in [0, 0.1) is 0 Å². The van der Waals surface area contributed by atoms with Gasteiger partial charge in [-0.1, -0.05) is 24.3 Å². The van der Waals surface area contributed by atoms with Crippen LogP contribution >= 0.6 is 0 Å². The quantitative estimate of drug-likeness (QED) is 0.378. The van der Waals surface area contributed by atoms with Gasteiger partial charge in [0.25, 0.3) is 11.5 Å². The molecule has 0 fully saturated rings. The van der Waals surface area contributed by atoms with Gasteiger partial charge < -0.3 is 20.1 Å². The van der Waals surface area contributed by atoms with Crippen molar-refractivity contribution in [2.24, 2.45) is 0 Å². The fourth-order valence-electron chi connectivity index (χ4n) is 3.84. The molecule has 178 valence electrons. The lowest BCUT2D eigenvalue weighted by atomic mass is 10.1. The molecule has 1 heterocycles. The zero-order valence-electron chi connectivity index (χ0n) is 19.1. The summed E-state index contributed by atoms with van der Waals surface area (Å²) in [6.07, 6.45) is 0. The third-order valence-corrected chi connectivity index (χ3v) is 5.81. The third kappa shape index (κ3) is 4.84. The molecule has 35 heavy (non-hydrogen) atoms. The van der Waals surface area contributed by atoms with Crippen molar-refractivity contribution in [2.45, 2.75) is 19.5 Å². The van der Waals surface area contributed by atoms with Crippen LogP contribution < -0.4 is 21.3 Å². The molecule has 4 rings (SSSR count). The molecule has 3 N–H and O–H groups in total. The number of hydrogen-bond acceptors (Lipinski definition) is 5. The number of carbonyl (C=O) groups is 2. The maximum atomic E-state index is 13.3. The molecule has 0 saturated heterocycles. The van der Waals surface area contributed by atoms with E-state index in [4.69, 9.17) is 9.84 Å². The smallest absolute Gasteiger partial charge is 0.335 e. The molecule has 0 radical (unpaired) electrons. The number of benzene rings is 3. The number of rotatable bonds is 7. The molecular weight excluding hydrogens is 450 g/mol. The second kappa shape index (κ2) is 9.68. The first-order chi connectivity index (χ1) is 16.8. The summed E-state index contributed by atoms with van der Waals surface area (Å²) in [4.78, 5) is 52.5. The molecule has 0 spiro atoms. The van der Waals surface area contributed by atoms with Crippen molar-refractivity contribution < 1.29 is 19.4 Å². The molecule has 0 bridgehead atoms. The van der Waals surface area contributed by atoms with Crippen molar-refractivity contribution >= 4 is 22.8 Å². The molecule has 0 aliphatic heterocycles. The minimum atomic E-state index is -1.07. The number of fused-ring (bicyclic) bond motifs is 1. The van der Waals surface area contributed by atoms with Crippen molar-refractivity contribution in [2.75, 3.05) is 7.11 Å². The first-order valence-corrected chi connectivity index (χ1v) is 10.8. The molecule has 9 heteroatoms. The maximum Gasteiger partial charge on any atom is 0.335 e. The molecule has 1 aromatic heterocycles. The van der Waals surface area contributed by atoms with Crippen LogP contribution in [0.25, 0.3) is 10.9 Å². The molecule has 3 aromatic carbocycles. The summed E-state index contributed by atoms with van der Waals surface area (Å²) in [6, 6.07) is 17.1. The third-order valence-electron chi connectivity index (χ3n) is 5.81. The number of ether oxygens (including phenoxy) is 1. The van der Waals surface area contributed by atoms with Crippen LogP contribution in [0.15, 0.2) is 76.3 Å². The van der Waals surface area contributed by atoms with E-state index in [9.17, 15) is 19.2 Å². The van der Waals surface area contributed by atoms with Gasteiger partial charge in [0.1, 0.15) is 5.75 Å². The van der Waals surface area contributed by atoms with Gasteiger partial charge >= 0.3 is 11.7 Å². The number of carboxylic acid groups (broad SMARTS) is 1. The van der Waals surface area contributed by atoms with Crippen molar-refractivity contribution in [1.29, 1.82) is 0 Å². The Hall–Kier alpha value is -4.66. The summed E-state index contributed by atoms with van der Waals surface area (Å²) in [5.74, 6) is -0.759. The highest BCUT2D eigenvalue weighted by Crippen LogP contribution is 2.18. The van der Waals surface area contributed by atoms with E-state index in [0.717, 1.165) is 10.1 Å². The van der Waals surface area contributed by atoms with Crippen LogP contribution in [0.4, 0.5) is 0 Å². The minimum absolute atomic E-state index is 0.102. The summed E-state index contributed by atoms with van der Waals surface area (Å²) in [6.45, 7) is 1.94. The maximum absolute atomic E-state index is 13.3. The van der Waals surface area contributed by atoms with Gasteiger partial charge in [-0.25, -0.2) is 9.59 Å². The van der Waals surface area contributed by atoms with Crippen LogP contribution in [0.1, 0.15) is 44.8 Å². The van der Waals surface area contributed by atoms with Crippen molar-refractivity contribution in [1.82, 2.24) is 14.9 Å². The summed E-state index contributed by atoms with van der Waals surface area (Å²) < 4.78 is 6.24. The second-order valence-electron chi connectivity index (χ2n) is 8.00. The monoisotopic (exact) mass is 473 g/mol. The van der Waals surface area contributed by atoms with E-state index < -0.39 is 23.3 Å². The number of nitrogens with one attached hydrogen (secondary N) is 2. The van der Waals surface area contributed by atoms with Crippen molar-refractivity contribution in [3.8, 4) is 5.75 Å². The Balaban J connectivity index is 1.64. The summed E-state index contributed by atoms with van der Waals surface area (Å²) >= 11 is 0.